The zero-order valence-electron chi connectivity index (χ0n) is 13.7. The fourth-order valence-electron chi connectivity index (χ4n) is 2.56. The minimum atomic E-state index is 0.0831. The molecule has 0 aliphatic carbocycles. The molecule has 0 bridgehead atoms. The predicted octanol–water partition coefficient (Wildman–Crippen LogP) is 3.37. The molecule has 0 spiro atoms. The Balaban J connectivity index is 2.01. The highest BCUT2D eigenvalue weighted by atomic mass is 16.5. The fraction of sp³-hybridized carbons (Fsp3) is 0.500. The van der Waals surface area contributed by atoms with Crippen LogP contribution in [-0.4, -0.2) is 37.6 Å². The Kier molecular flexibility index (Phi) is 5.87. The van der Waals surface area contributed by atoms with Gasteiger partial charge in [-0.3, -0.25) is 4.79 Å². The normalized spacial score (nSPS) is 16.0. The van der Waals surface area contributed by atoms with Crippen molar-refractivity contribution in [3.8, 4) is 11.5 Å². The highest BCUT2D eigenvalue weighted by Crippen LogP contribution is 2.28. The first-order valence-electron chi connectivity index (χ1n) is 7.92. The first-order valence-corrected chi connectivity index (χ1v) is 7.92. The van der Waals surface area contributed by atoms with Crippen LogP contribution < -0.4 is 9.47 Å². The first kappa shape index (κ1) is 16.4. The quantitative estimate of drug-likeness (QED) is 0.783. The lowest BCUT2D eigenvalue weighted by Crippen LogP contribution is -2.36. The van der Waals surface area contributed by atoms with Crippen LogP contribution in [0.1, 0.15) is 32.3 Å². The van der Waals surface area contributed by atoms with E-state index in [2.05, 4.69) is 6.92 Å². The van der Waals surface area contributed by atoms with E-state index < -0.39 is 0 Å². The third kappa shape index (κ3) is 4.26. The molecule has 1 amide bonds. The number of amides is 1. The maximum atomic E-state index is 12.2. The molecular formula is C18H25NO3. The van der Waals surface area contributed by atoms with E-state index in [4.69, 9.17) is 9.47 Å². The number of carbonyl (C=O) groups is 1. The summed E-state index contributed by atoms with van der Waals surface area (Å²) in [4.78, 5) is 14.1. The number of hydrogen-bond acceptors (Lipinski definition) is 3. The van der Waals surface area contributed by atoms with E-state index in [1.165, 1.54) is 0 Å². The molecule has 1 aliphatic heterocycles. The first-order chi connectivity index (χ1) is 10.6. The molecule has 4 heteroatoms. The molecule has 0 saturated carbocycles. The zero-order valence-corrected chi connectivity index (χ0v) is 13.7. The molecule has 1 aliphatic rings. The molecule has 1 aromatic carbocycles. The summed E-state index contributed by atoms with van der Waals surface area (Å²) in [6.45, 7) is 6.49. The highest BCUT2D eigenvalue weighted by Gasteiger charge is 2.18. The van der Waals surface area contributed by atoms with Crippen LogP contribution in [0.25, 0.3) is 6.08 Å². The van der Waals surface area contributed by atoms with E-state index in [9.17, 15) is 4.79 Å². The van der Waals surface area contributed by atoms with Gasteiger partial charge in [-0.05, 0) is 49.5 Å². The summed E-state index contributed by atoms with van der Waals surface area (Å²) in [5.74, 6) is 2.21. The van der Waals surface area contributed by atoms with Gasteiger partial charge in [-0.2, -0.15) is 0 Å². The van der Waals surface area contributed by atoms with Gasteiger partial charge in [0, 0.05) is 19.2 Å². The van der Waals surface area contributed by atoms with Gasteiger partial charge in [0.25, 0.3) is 0 Å². The molecule has 0 radical (unpaired) electrons. The standard InChI is InChI=1S/C18H25NO3/c1-4-22-16-7-5-15(13-17(16)21-3)6-8-18(20)19-11-9-14(2)10-12-19/h5-8,13-14H,4,9-12H2,1-3H3/b8-6+. The van der Waals surface area contributed by atoms with Gasteiger partial charge >= 0.3 is 0 Å². The molecule has 0 N–H and O–H groups in total. The topological polar surface area (TPSA) is 38.8 Å². The lowest BCUT2D eigenvalue weighted by atomic mass is 9.99. The van der Waals surface area contributed by atoms with E-state index in [-0.39, 0.29) is 5.91 Å². The van der Waals surface area contributed by atoms with Crippen LogP contribution in [0.4, 0.5) is 0 Å². The molecule has 1 aromatic rings. The Hall–Kier alpha value is -1.97. The molecule has 0 aromatic heterocycles. The lowest BCUT2D eigenvalue weighted by Gasteiger charge is -2.29. The van der Waals surface area contributed by atoms with E-state index in [1.54, 1.807) is 13.2 Å². The maximum absolute atomic E-state index is 12.2. The Morgan fingerprint density at radius 3 is 2.68 bits per heavy atom. The number of piperidine rings is 1. The van der Waals surface area contributed by atoms with Crippen molar-refractivity contribution in [1.82, 2.24) is 4.90 Å². The van der Waals surface area contributed by atoms with Crippen LogP contribution in [0.2, 0.25) is 0 Å². The number of likely N-dealkylation sites (tertiary alicyclic amines) is 1. The Morgan fingerprint density at radius 1 is 1.32 bits per heavy atom. The van der Waals surface area contributed by atoms with Crippen molar-refractivity contribution in [3.05, 3.63) is 29.8 Å². The van der Waals surface area contributed by atoms with Gasteiger partial charge < -0.3 is 14.4 Å². The molecule has 1 fully saturated rings. The van der Waals surface area contributed by atoms with Crippen molar-refractivity contribution >= 4 is 12.0 Å². The van der Waals surface area contributed by atoms with Crippen molar-refractivity contribution < 1.29 is 14.3 Å². The monoisotopic (exact) mass is 303 g/mol. The SMILES string of the molecule is CCOc1ccc(/C=C/C(=O)N2CCC(C)CC2)cc1OC. The molecular weight excluding hydrogens is 278 g/mol. The molecule has 120 valence electrons. The summed E-state index contributed by atoms with van der Waals surface area (Å²) in [7, 11) is 1.62. The van der Waals surface area contributed by atoms with Gasteiger partial charge in [0.05, 0.1) is 13.7 Å². The zero-order chi connectivity index (χ0) is 15.9. The van der Waals surface area contributed by atoms with Crippen LogP contribution >= 0.6 is 0 Å². The summed E-state index contributed by atoms with van der Waals surface area (Å²) in [5, 5.41) is 0. The van der Waals surface area contributed by atoms with E-state index >= 15 is 0 Å². The van der Waals surface area contributed by atoms with Gasteiger partial charge in [-0.1, -0.05) is 13.0 Å². The van der Waals surface area contributed by atoms with Crippen LogP contribution in [-0.2, 0) is 4.79 Å². The number of nitrogens with zero attached hydrogens (tertiary/aromatic N) is 1. The summed E-state index contributed by atoms with van der Waals surface area (Å²) >= 11 is 0. The molecule has 22 heavy (non-hydrogen) atoms. The fourth-order valence-corrected chi connectivity index (χ4v) is 2.56. The second-order valence-electron chi connectivity index (χ2n) is 5.68. The van der Waals surface area contributed by atoms with Gasteiger partial charge in [0.15, 0.2) is 11.5 Å². The molecule has 2 rings (SSSR count). The van der Waals surface area contributed by atoms with Crippen LogP contribution in [0.15, 0.2) is 24.3 Å². The number of hydrogen-bond donors (Lipinski definition) is 0. The smallest absolute Gasteiger partial charge is 0.246 e. The Labute approximate surface area is 132 Å². The number of carbonyl (C=O) groups excluding carboxylic acids is 1. The van der Waals surface area contributed by atoms with Crippen molar-refractivity contribution in [2.45, 2.75) is 26.7 Å². The molecule has 1 heterocycles. The molecule has 1 saturated heterocycles. The lowest BCUT2D eigenvalue weighted by molar-refractivity contribution is -0.127. The van der Waals surface area contributed by atoms with E-state index in [1.807, 2.05) is 36.1 Å². The van der Waals surface area contributed by atoms with E-state index in [0.717, 1.165) is 43.2 Å². The average molecular weight is 303 g/mol. The van der Waals surface area contributed by atoms with Crippen molar-refractivity contribution in [2.75, 3.05) is 26.8 Å². The number of rotatable bonds is 5. The van der Waals surface area contributed by atoms with Crippen LogP contribution in [0.5, 0.6) is 11.5 Å². The van der Waals surface area contributed by atoms with Crippen LogP contribution in [0.3, 0.4) is 0 Å². The second-order valence-corrected chi connectivity index (χ2v) is 5.68. The second kappa shape index (κ2) is 7.87. The predicted molar refractivity (Wildman–Crippen MR) is 88.2 cm³/mol. The third-order valence-corrected chi connectivity index (χ3v) is 4.00. The Bertz CT molecular complexity index is 531. The number of methoxy groups -OCH3 is 1. The largest absolute Gasteiger partial charge is 0.493 e. The minimum absolute atomic E-state index is 0.0831. The number of ether oxygens (including phenoxy) is 2. The summed E-state index contributed by atoms with van der Waals surface area (Å²) < 4.78 is 10.8. The highest BCUT2D eigenvalue weighted by molar-refractivity contribution is 5.91. The number of benzene rings is 1. The van der Waals surface area contributed by atoms with Gasteiger partial charge in [-0.15, -0.1) is 0 Å². The maximum Gasteiger partial charge on any atom is 0.246 e. The molecule has 0 atom stereocenters. The summed E-state index contributed by atoms with van der Waals surface area (Å²) in [6, 6.07) is 5.68. The molecule has 0 unspecified atom stereocenters. The third-order valence-electron chi connectivity index (χ3n) is 4.00. The van der Waals surface area contributed by atoms with Crippen molar-refractivity contribution in [2.24, 2.45) is 5.92 Å². The van der Waals surface area contributed by atoms with Gasteiger partial charge in [0.1, 0.15) is 0 Å². The molecule has 4 nitrogen and oxygen atoms in total. The van der Waals surface area contributed by atoms with Gasteiger partial charge in [-0.25, -0.2) is 0 Å². The summed E-state index contributed by atoms with van der Waals surface area (Å²) in [5.41, 5.74) is 0.930. The van der Waals surface area contributed by atoms with Gasteiger partial charge in [0.2, 0.25) is 5.91 Å². The summed E-state index contributed by atoms with van der Waals surface area (Å²) in [6.07, 6.45) is 5.66. The van der Waals surface area contributed by atoms with Crippen molar-refractivity contribution in [1.29, 1.82) is 0 Å². The van der Waals surface area contributed by atoms with E-state index in [0.29, 0.717) is 12.4 Å². The van der Waals surface area contributed by atoms with Crippen molar-refractivity contribution in [3.63, 3.8) is 0 Å². The van der Waals surface area contributed by atoms with Crippen LogP contribution in [0, 0.1) is 5.92 Å². The average Bonchev–Trinajstić information content (AvgIpc) is 2.54. The Morgan fingerprint density at radius 2 is 2.05 bits per heavy atom. The minimum Gasteiger partial charge on any atom is -0.493 e.